The summed E-state index contributed by atoms with van der Waals surface area (Å²) < 4.78 is 12.8. The molecule has 0 radical (unpaired) electrons. The third-order valence-electron chi connectivity index (χ3n) is 2.33. The maximum Gasteiger partial charge on any atom is 0.302 e. The van der Waals surface area contributed by atoms with Crippen molar-refractivity contribution in [3.05, 3.63) is 28.4 Å². The summed E-state index contributed by atoms with van der Waals surface area (Å²) in [5, 5.41) is 3.93. The quantitative estimate of drug-likeness (QED) is 0.547. The molecule has 8 nitrogen and oxygen atoms in total. The van der Waals surface area contributed by atoms with E-state index in [-0.39, 0.29) is 31.5 Å². The zero-order chi connectivity index (χ0) is 13.8. The van der Waals surface area contributed by atoms with E-state index in [1.54, 1.807) is 11.5 Å². The van der Waals surface area contributed by atoms with Crippen LogP contribution in [0.4, 0.5) is 0 Å². The predicted octanol–water partition coefficient (Wildman–Crippen LogP) is -0.263. The number of esters is 1. The van der Waals surface area contributed by atoms with Gasteiger partial charge in [0.15, 0.2) is 0 Å². The topological polar surface area (TPSA) is 87.7 Å². The van der Waals surface area contributed by atoms with E-state index in [2.05, 4.69) is 10.1 Å². The van der Waals surface area contributed by atoms with Gasteiger partial charge in [0, 0.05) is 18.7 Å². The van der Waals surface area contributed by atoms with E-state index in [4.69, 9.17) is 9.47 Å². The predicted molar refractivity (Wildman–Crippen MR) is 64.6 cm³/mol. The molecule has 0 aliphatic carbocycles. The Balaban J connectivity index is 2.01. The van der Waals surface area contributed by atoms with Crippen LogP contribution < -0.4 is 5.56 Å². The summed E-state index contributed by atoms with van der Waals surface area (Å²) in [7, 11) is 0. The molecule has 0 aliphatic rings. The van der Waals surface area contributed by atoms with Gasteiger partial charge in [0.25, 0.3) is 5.56 Å². The van der Waals surface area contributed by atoms with Crippen LogP contribution in [0.3, 0.4) is 0 Å². The number of aromatic nitrogens is 4. The first kappa shape index (κ1) is 13.2. The molecule has 0 atom stereocenters. The van der Waals surface area contributed by atoms with Gasteiger partial charge in [-0.15, -0.1) is 0 Å². The van der Waals surface area contributed by atoms with Crippen LogP contribution in [0, 0.1) is 6.92 Å². The summed E-state index contributed by atoms with van der Waals surface area (Å²) in [6.07, 6.45) is 1.47. The Kier molecular flexibility index (Phi) is 3.91. The van der Waals surface area contributed by atoms with Crippen LogP contribution in [0.25, 0.3) is 5.78 Å². The fourth-order valence-corrected chi connectivity index (χ4v) is 1.53. The number of ether oxygens (including phenoxy) is 2. The second kappa shape index (κ2) is 5.61. The summed E-state index contributed by atoms with van der Waals surface area (Å²) >= 11 is 0. The minimum absolute atomic E-state index is 0.181. The van der Waals surface area contributed by atoms with E-state index in [1.807, 2.05) is 0 Å². The van der Waals surface area contributed by atoms with Crippen LogP contribution in [0.15, 0.2) is 17.2 Å². The van der Waals surface area contributed by atoms with Crippen LogP contribution in [-0.2, 0) is 21.0 Å². The molecular weight excluding hydrogens is 252 g/mol. The van der Waals surface area contributed by atoms with Gasteiger partial charge in [-0.3, -0.25) is 14.2 Å². The molecule has 2 rings (SSSR count). The van der Waals surface area contributed by atoms with E-state index >= 15 is 0 Å². The number of hydrogen-bond donors (Lipinski definition) is 0. The molecule has 2 aromatic rings. The Labute approximate surface area is 108 Å². The van der Waals surface area contributed by atoms with Crippen LogP contribution >= 0.6 is 0 Å². The van der Waals surface area contributed by atoms with Crippen molar-refractivity contribution in [1.29, 1.82) is 0 Å². The number of nitrogens with zero attached hydrogens (tertiary/aromatic N) is 4. The molecule has 2 heterocycles. The Morgan fingerprint density at radius 2 is 2.21 bits per heavy atom. The Morgan fingerprint density at radius 1 is 1.42 bits per heavy atom. The Bertz CT molecular complexity index is 646. The maximum absolute atomic E-state index is 11.6. The van der Waals surface area contributed by atoms with Crippen LogP contribution in [0.5, 0.6) is 0 Å². The number of carbonyl (C=O) groups is 1. The first-order chi connectivity index (χ1) is 9.08. The fraction of sp³-hybridized carbons (Fsp3) is 0.455. The average Bonchev–Trinajstić information content (AvgIpc) is 2.72. The van der Waals surface area contributed by atoms with Crippen molar-refractivity contribution in [2.45, 2.75) is 20.6 Å². The van der Waals surface area contributed by atoms with Gasteiger partial charge in [-0.25, -0.2) is 4.98 Å². The summed E-state index contributed by atoms with van der Waals surface area (Å²) in [6, 6.07) is 1.41. The molecule has 102 valence electrons. The normalized spacial score (nSPS) is 10.8. The third-order valence-corrected chi connectivity index (χ3v) is 2.33. The smallest absolute Gasteiger partial charge is 0.302 e. The van der Waals surface area contributed by atoms with E-state index in [0.717, 1.165) is 0 Å². The molecule has 2 aromatic heterocycles. The molecule has 0 saturated carbocycles. The van der Waals surface area contributed by atoms with Crippen molar-refractivity contribution in [1.82, 2.24) is 19.2 Å². The van der Waals surface area contributed by atoms with Crippen LogP contribution in [0.1, 0.15) is 12.6 Å². The van der Waals surface area contributed by atoms with Crippen molar-refractivity contribution in [3.63, 3.8) is 0 Å². The molecule has 0 fully saturated rings. The highest BCUT2D eigenvalue weighted by Crippen LogP contribution is 1.98. The molecular formula is C11H14N4O4. The average molecular weight is 266 g/mol. The first-order valence-electron chi connectivity index (χ1n) is 5.71. The monoisotopic (exact) mass is 266 g/mol. The third kappa shape index (κ3) is 3.16. The maximum atomic E-state index is 11.6. The Morgan fingerprint density at radius 3 is 2.95 bits per heavy atom. The van der Waals surface area contributed by atoms with Crippen LogP contribution in [-0.4, -0.2) is 38.3 Å². The largest absolute Gasteiger partial charge is 0.463 e. The molecule has 0 amide bonds. The van der Waals surface area contributed by atoms with E-state index in [1.165, 1.54) is 23.8 Å². The Hall–Kier alpha value is -2.22. The molecule has 0 saturated heterocycles. The second-order valence-corrected chi connectivity index (χ2v) is 3.93. The van der Waals surface area contributed by atoms with Crippen LogP contribution in [0.2, 0.25) is 0 Å². The summed E-state index contributed by atoms with van der Waals surface area (Å²) in [6.45, 7) is 3.71. The standard InChI is InChI=1S/C11H14N4O4/c1-8-5-10(17)15-11(13-8)14(6-12-15)7-18-3-4-19-9(2)16/h5-6H,3-4,7H2,1-2H3. The molecule has 0 bridgehead atoms. The fourth-order valence-electron chi connectivity index (χ4n) is 1.53. The minimum Gasteiger partial charge on any atom is -0.463 e. The lowest BCUT2D eigenvalue weighted by atomic mass is 10.4. The molecule has 0 unspecified atom stereocenters. The number of carbonyl (C=O) groups excluding carboxylic acids is 1. The zero-order valence-corrected chi connectivity index (χ0v) is 10.7. The van der Waals surface area contributed by atoms with E-state index in [0.29, 0.717) is 11.5 Å². The zero-order valence-electron chi connectivity index (χ0n) is 10.7. The number of hydrogen-bond acceptors (Lipinski definition) is 6. The number of aryl methyl sites for hydroxylation is 1. The molecule has 0 aromatic carbocycles. The van der Waals surface area contributed by atoms with Gasteiger partial charge in [0.2, 0.25) is 5.78 Å². The summed E-state index contributed by atoms with van der Waals surface area (Å²) in [5.74, 6) is 0.0676. The SMILES string of the molecule is CC(=O)OCCOCn1cnn2c(=O)cc(C)nc12. The van der Waals surface area contributed by atoms with Gasteiger partial charge in [0.1, 0.15) is 19.7 Å². The number of rotatable bonds is 5. The van der Waals surface area contributed by atoms with Gasteiger partial charge in [-0.1, -0.05) is 0 Å². The van der Waals surface area contributed by atoms with E-state index in [9.17, 15) is 9.59 Å². The molecule has 8 heteroatoms. The highest BCUT2D eigenvalue weighted by Gasteiger charge is 2.06. The van der Waals surface area contributed by atoms with Crippen molar-refractivity contribution in [2.75, 3.05) is 13.2 Å². The second-order valence-electron chi connectivity index (χ2n) is 3.93. The van der Waals surface area contributed by atoms with Gasteiger partial charge in [-0.05, 0) is 6.92 Å². The molecule has 0 aliphatic heterocycles. The molecule has 0 spiro atoms. The van der Waals surface area contributed by atoms with Crippen molar-refractivity contribution in [3.8, 4) is 0 Å². The van der Waals surface area contributed by atoms with E-state index < -0.39 is 0 Å². The van der Waals surface area contributed by atoms with Crippen molar-refractivity contribution >= 4 is 11.7 Å². The lowest BCUT2D eigenvalue weighted by Crippen LogP contribution is -2.16. The van der Waals surface area contributed by atoms with Gasteiger partial charge in [-0.2, -0.15) is 9.61 Å². The first-order valence-corrected chi connectivity index (χ1v) is 5.71. The molecule has 0 N–H and O–H groups in total. The lowest BCUT2D eigenvalue weighted by Gasteiger charge is -2.05. The highest BCUT2D eigenvalue weighted by atomic mass is 16.6. The summed E-state index contributed by atoms with van der Waals surface area (Å²) in [4.78, 5) is 26.4. The van der Waals surface area contributed by atoms with Crippen molar-refractivity contribution in [2.24, 2.45) is 0 Å². The lowest BCUT2D eigenvalue weighted by molar-refractivity contribution is -0.142. The van der Waals surface area contributed by atoms with Crippen molar-refractivity contribution < 1.29 is 14.3 Å². The highest BCUT2D eigenvalue weighted by molar-refractivity contribution is 5.65. The molecule has 19 heavy (non-hydrogen) atoms. The van der Waals surface area contributed by atoms with Gasteiger partial charge < -0.3 is 9.47 Å². The van der Waals surface area contributed by atoms with Gasteiger partial charge in [0.05, 0.1) is 6.61 Å². The van der Waals surface area contributed by atoms with Gasteiger partial charge >= 0.3 is 5.97 Å². The number of fused-ring (bicyclic) bond motifs is 1. The minimum atomic E-state index is -0.347. The summed E-state index contributed by atoms with van der Waals surface area (Å²) in [5.41, 5.74) is 0.382.